The quantitative estimate of drug-likeness (QED) is 0.734. The first-order chi connectivity index (χ1) is 6.99. The lowest BCUT2D eigenvalue weighted by Gasteiger charge is -2.42. The Morgan fingerprint density at radius 1 is 1.40 bits per heavy atom. The van der Waals surface area contributed by atoms with Crippen LogP contribution in [0.5, 0.6) is 0 Å². The zero-order valence-corrected chi connectivity index (χ0v) is 10.1. The van der Waals surface area contributed by atoms with Crippen molar-refractivity contribution in [2.24, 2.45) is 17.8 Å². The zero-order chi connectivity index (χ0) is 11.4. The van der Waals surface area contributed by atoms with Crippen molar-refractivity contribution in [1.82, 2.24) is 4.90 Å². The van der Waals surface area contributed by atoms with Gasteiger partial charge in [0, 0.05) is 26.1 Å². The van der Waals surface area contributed by atoms with Gasteiger partial charge in [-0.1, -0.05) is 20.8 Å². The van der Waals surface area contributed by atoms with E-state index in [-0.39, 0.29) is 0 Å². The number of carboxylic acids is 1. The molecule has 0 amide bonds. The highest BCUT2D eigenvalue weighted by Gasteiger charge is 2.29. The summed E-state index contributed by atoms with van der Waals surface area (Å²) in [5.74, 6) is 1.48. The summed E-state index contributed by atoms with van der Waals surface area (Å²) in [4.78, 5) is 12.8. The van der Waals surface area contributed by atoms with E-state index in [0.29, 0.717) is 12.3 Å². The molecule has 0 radical (unpaired) electrons. The first-order valence-corrected chi connectivity index (χ1v) is 5.93. The SMILES string of the molecule is CC(CCC(=O)O)CN1CC(C(C)C)C1. The van der Waals surface area contributed by atoms with Gasteiger partial charge in [0.05, 0.1) is 0 Å². The molecule has 1 unspecified atom stereocenters. The molecule has 0 aliphatic carbocycles. The Balaban J connectivity index is 2.08. The average molecular weight is 213 g/mol. The average Bonchev–Trinajstić information content (AvgIpc) is 2.06. The van der Waals surface area contributed by atoms with Gasteiger partial charge in [-0.3, -0.25) is 4.79 Å². The molecule has 1 saturated heterocycles. The van der Waals surface area contributed by atoms with E-state index in [1.54, 1.807) is 0 Å². The highest BCUT2D eigenvalue weighted by Crippen LogP contribution is 2.24. The van der Waals surface area contributed by atoms with Crippen LogP contribution in [0.2, 0.25) is 0 Å². The van der Waals surface area contributed by atoms with E-state index >= 15 is 0 Å². The normalized spacial score (nSPS) is 20.3. The monoisotopic (exact) mass is 213 g/mol. The smallest absolute Gasteiger partial charge is 0.303 e. The number of nitrogens with zero attached hydrogens (tertiary/aromatic N) is 1. The Bertz CT molecular complexity index is 210. The fourth-order valence-electron chi connectivity index (χ4n) is 2.08. The van der Waals surface area contributed by atoms with E-state index in [1.807, 2.05) is 0 Å². The second-order valence-electron chi connectivity index (χ2n) is 5.26. The van der Waals surface area contributed by atoms with Gasteiger partial charge in [0.25, 0.3) is 0 Å². The van der Waals surface area contributed by atoms with Crippen LogP contribution >= 0.6 is 0 Å². The second-order valence-corrected chi connectivity index (χ2v) is 5.26. The molecule has 1 aliphatic heterocycles. The van der Waals surface area contributed by atoms with Crippen LogP contribution in [-0.4, -0.2) is 35.6 Å². The fraction of sp³-hybridized carbons (Fsp3) is 0.917. The van der Waals surface area contributed by atoms with Crippen LogP contribution in [0.3, 0.4) is 0 Å². The summed E-state index contributed by atoms with van der Waals surface area (Å²) in [6.45, 7) is 10.2. The molecule has 0 aromatic carbocycles. The van der Waals surface area contributed by atoms with E-state index < -0.39 is 5.97 Å². The summed E-state index contributed by atoms with van der Waals surface area (Å²) in [7, 11) is 0. The lowest BCUT2D eigenvalue weighted by molar-refractivity contribution is -0.137. The number of likely N-dealkylation sites (tertiary alicyclic amines) is 1. The Labute approximate surface area is 92.5 Å². The van der Waals surface area contributed by atoms with Gasteiger partial charge in [-0.05, 0) is 24.2 Å². The van der Waals surface area contributed by atoms with Crippen LogP contribution < -0.4 is 0 Å². The van der Waals surface area contributed by atoms with Gasteiger partial charge >= 0.3 is 5.97 Å². The topological polar surface area (TPSA) is 40.5 Å². The minimum Gasteiger partial charge on any atom is -0.481 e. The van der Waals surface area contributed by atoms with Gasteiger partial charge in [0.2, 0.25) is 0 Å². The molecule has 1 atom stereocenters. The third-order valence-electron chi connectivity index (χ3n) is 3.35. The van der Waals surface area contributed by atoms with E-state index in [9.17, 15) is 4.79 Å². The second kappa shape index (κ2) is 5.50. The molecule has 3 heteroatoms. The Morgan fingerprint density at radius 3 is 2.47 bits per heavy atom. The molecule has 0 aromatic rings. The van der Waals surface area contributed by atoms with Crippen LogP contribution in [0.25, 0.3) is 0 Å². The molecule has 15 heavy (non-hydrogen) atoms. The largest absolute Gasteiger partial charge is 0.481 e. The highest BCUT2D eigenvalue weighted by atomic mass is 16.4. The molecule has 3 nitrogen and oxygen atoms in total. The van der Waals surface area contributed by atoms with Gasteiger partial charge in [0.1, 0.15) is 0 Å². The van der Waals surface area contributed by atoms with E-state index in [4.69, 9.17) is 5.11 Å². The standard InChI is InChI=1S/C12H23NO2/c1-9(2)11-7-13(8-11)6-10(3)4-5-12(14)15/h9-11H,4-8H2,1-3H3,(H,14,15). The van der Waals surface area contributed by atoms with Crippen molar-refractivity contribution in [3.63, 3.8) is 0 Å². The van der Waals surface area contributed by atoms with Crippen LogP contribution in [0.4, 0.5) is 0 Å². The summed E-state index contributed by atoms with van der Waals surface area (Å²) in [5, 5.41) is 8.57. The first-order valence-electron chi connectivity index (χ1n) is 5.93. The minimum absolute atomic E-state index is 0.308. The number of carboxylic acid groups (broad SMARTS) is 1. The van der Waals surface area contributed by atoms with Gasteiger partial charge in [0.15, 0.2) is 0 Å². The Kier molecular flexibility index (Phi) is 4.58. The van der Waals surface area contributed by atoms with Crippen molar-refractivity contribution in [3.05, 3.63) is 0 Å². The third-order valence-corrected chi connectivity index (χ3v) is 3.35. The third kappa shape index (κ3) is 4.20. The molecule has 1 N–H and O–H groups in total. The lowest BCUT2D eigenvalue weighted by atomic mass is 9.87. The van der Waals surface area contributed by atoms with Crippen molar-refractivity contribution >= 4 is 5.97 Å². The van der Waals surface area contributed by atoms with Crippen molar-refractivity contribution < 1.29 is 9.90 Å². The van der Waals surface area contributed by atoms with Crippen molar-refractivity contribution in [2.45, 2.75) is 33.6 Å². The summed E-state index contributed by atoms with van der Waals surface area (Å²) in [6.07, 6.45) is 1.11. The Hall–Kier alpha value is -0.570. The molecule has 1 aliphatic rings. The maximum Gasteiger partial charge on any atom is 0.303 e. The molecule has 0 bridgehead atoms. The fourth-order valence-corrected chi connectivity index (χ4v) is 2.08. The van der Waals surface area contributed by atoms with Gasteiger partial charge in [-0.25, -0.2) is 0 Å². The predicted octanol–water partition coefficient (Wildman–Crippen LogP) is 2.08. The van der Waals surface area contributed by atoms with E-state index in [0.717, 1.165) is 24.8 Å². The number of carbonyl (C=O) groups is 1. The minimum atomic E-state index is -0.675. The van der Waals surface area contributed by atoms with E-state index in [2.05, 4.69) is 25.7 Å². The van der Waals surface area contributed by atoms with Crippen LogP contribution in [0.15, 0.2) is 0 Å². The van der Waals surface area contributed by atoms with Crippen molar-refractivity contribution in [2.75, 3.05) is 19.6 Å². The summed E-state index contributed by atoms with van der Waals surface area (Å²) >= 11 is 0. The van der Waals surface area contributed by atoms with Gasteiger partial charge in [-0.2, -0.15) is 0 Å². The summed E-state index contributed by atoms with van der Waals surface area (Å²) in [6, 6.07) is 0. The lowest BCUT2D eigenvalue weighted by Crippen LogP contribution is -2.50. The first kappa shape index (κ1) is 12.5. The molecule has 0 spiro atoms. The van der Waals surface area contributed by atoms with Crippen LogP contribution in [-0.2, 0) is 4.79 Å². The van der Waals surface area contributed by atoms with Gasteiger partial charge < -0.3 is 10.0 Å². The van der Waals surface area contributed by atoms with Crippen molar-refractivity contribution in [3.8, 4) is 0 Å². The highest BCUT2D eigenvalue weighted by molar-refractivity contribution is 5.66. The number of hydrogen-bond acceptors (Lipinski definition) is 2. The number of hydrogen-bond donors (Lipinski definition) is 1. The molecule has 88 valence electrons. The number of aliphatic carboxylic acids is 1. The van der Waals surface area contributed by atoms with E-state index in [1.165, 1.54) is 13.1 Å². The van der Waals surface area contributed by atoms with Crippen molar-refractivity contribution in [1.29, 1.82) is 0 Å². The number of rotatable bonds is 6. The molecule has 1 rings (SSSR count). The molecule has 1 fully saturated rings. The maximum absolute atomic E-state index is 10.4. The molecule has 1 heterocycles. The van der Waals surface area contributed by atoms with Crippen LogP contribution in [0.1, 0.15) is 33.6 Å². The predicted molar refractivity (Wildman–Crippen MR) is 60.8 cm³/mol. The van der Waals surface area contributed by atoms with Gasteiger partial charge in [-0.15, -0.1) is 0 Å². The summed E-state index contributed by atoms with van der Waals surface area (Å²) < 4.78 is 0. The maximum atomic E-state index is 10.4. The molecule has 0 aromatic heterocycles. The Morgan fingerprint density at radius 2 is 2.00 bits per heavy atom. The molecule has 0 saturated carbocycles. The molecular weight excluding hydrogens is 190 g/mol. The van der Waals surface area contributed by atoms with Crippen LogP contribution in [0, 0.1) is 17.8 Å². The summed E-state index contributed by atoms with van der Waals surface area (Å²) in [5.41, 5.74) is 0. The molecular formula is C12H23NO2. The zero-order valence-electron chi connectivity index (χ0n) is 10.1.